The fourth-order valence-electron chi connectivity index (χ4n) is 2.31. The van der Waals surface area contributed by atoms with Crippen molar-refractivity contribution in [2.45, 2.75) is 44.2 Å². The standard InChI is InChI=1S/C13H21N3O/c14-16-12(3-4-13-2-1-9-17-13)10-11-5-7-15-8-6-11/h5-8,12-13,16H,1-4,9-10,14H2. The van der Waals surface area contributed by atoms with Crippen LogP contribution in [0.4, 0.5) is 0 Å². The summed E-state index contributed by atoms with van der Waals surface area (Å²) in [6.07, 6.45) is 9.60. The van der Waals surface area contributed by atoms with Gasteiger partial charge < -0.3 is 4.74 Å². The number of nitrogens with zero attached hydrogens (tertiary/aromatic N) is 1. The van der Waals surface area contributed by atoms with Gasteiger partial charge in [-0.15, -0.1) is 0 Å². The van der Waals surface area contributed by atoms with Gasteiger partial charge in [-0.05, 0) is 49.8 Å². The van der Waals surface area contributed by atoms with E-state index in [0.717, 1.165) is 25.9 Å². The van der Waals surface area contributed by atoms with Crippen LogP contribution in [0.25, 0.3) is 0 Å². The number of rotatable bonds is 6. The Morgan fingerprint density at radius 2 is 2.29 bits per heavy atom. The Bertz CT molecular complexity index is 312. The molecule has 17 heavy (non-hydrogen) atoms. The Kier molecular flexibility index (Phi) is 4.91. The van der Waals surface area contributed by atoms with Crippen molar-refractivity contribution in [2.75, 3.05) is 6.61 Å². The number of nitrogens with one attached hydrogen (secondary N) is 1. The minimum atomic E-state index is 0.321. The van der Waals surface area contributed by atoms with Gasteiger partial charge in [-0.1, -0.05) is 0 Å². The van der Waals surface area contributed by atoms with Crippen LogP contribution in [-0.4, -0.2) is 23.7 Å². The SMILES string of the molecule is NNC(CCC1CCCO1)Cc1ccncc1. The number of hydrogen-bond donors (Lipinski definition) is 2. The van der Waals surface area contributed by atoms with Crippen molar-refractivity contribution in [3.05, 3.63) is 30.1 Å². The van der Waals surface area contributed by atoms with Gasteiger partial charge in [0.25, 0.3) is 0 Å². The molecule has 4 nitrogen and oxygen atoms in total. The Hall–Kier alpha value is -0.970. The highest BCUT2D eigenvalue weighted by molar-refractivity contribution is 5.11. The lowest BCUT2D eigenvalue weighted by Gasteiger charge is -2.17. The zero-order valence-corrected chi connectivity index (χ0v) is 10.1. The van der Waals surface area contributed by atoms with E-state index in [1.165, 1.54) is 18.4 Å². The summed E-state index contributed by atoms with van der Waals surface area (Å²) >= 11 is 0. The Morgan fingerprint density at radius 3 is 2.94 bits per heavy atom. The third-order valence-corrected chi connectivity index (χ3v) is 3.33. The van der Waals surface area contributed by atoms with E-state index in [-0.39, 0.29) is 0 Å². The van der Waals surface area contributed by atoms with Crippen LogP contribution in [0.3, 0.4) is 0 Å². The molecule has 1 aliphatic heterocycles. The highest BCUT2D eigenvalue weighted by atomic mass is 16.5. The van der Waals surface area contributed by atoms with E-state index in [1.54, 1.807) is 0 Å². The molecule has 1 aromatic rings. The molecule has 1 fully saturated rings. The van der Waals surface area contributed by atoms with Gasteiger partial charge in [0.2, 0.25) is 0 Å². The fraction of sp³-hybridized carbons (Fsp3) is 0.615. The van der Waals surface area contributed by atoms with Gasteiger partial charge >= 0.3 is 0 Å². The molecular formula is C13H21N3O. The van der Waals surface area contributed by atoms with Crippen molar-refractivity contribution < 1.29 is 4.74 Å². The lowest BCUT2D eigenvalue weighted by Crippen LogP contribution is -2.37. The molecule has 94 valence electrons. The molecule has 2 rings (SSSR count). The molecule has 1 saturated heterocycles. The number of hydrazine groups is 1. The van der Waals surface area contributed by atoms with E-state index in [2.05, 4.69) is 10.4 Å². The van der Waals surface area contributed by atoms with Crippen LogP contribution in [0.1, 0.15) is 31.2 Å². The molecule has 4 heteroatoms. The highest BCUT2D eigenvalue weighted by Crippen LogP contribution is 2.18. The quantitative estimate of drug-likeness (QED) is 0.578. The van der Waals surface area contributed by atoms with Crippen LogP contribution in [0, 0.1) is 0 Å². The van der Waals surface area contributed by atoms with Gasteiger partial charge in [0, 0.05) is 25.0 Å². The molecule has 3 N–H and O–H groups in total. The molecule has 1 aromatic heterocycles. The molecule has 2 heterocycles. The molecule has 0 spiro atoms. The monoisotopic (exact) mass is 235 g/mol. The first-order valence-corrected chi connectivity index (χ1v) is 6.35. The molecule has 0 aromatic carbocycles. The molecule has 0 bridgehead atoms. The predicted molar refractivity (Wildman–Crippen MR) is 67.3 cm³/mol. The fourth-order valence-corrected chi connectivity index (χ4v) is 2.31. The lowest BCUT2D eigenvalue weighted by molar-refractivity contribution is 0.0996. The Morgan fingerprint density at radius 1 is 1.47 bits per heavy atom. The van der Waals surface area contributed by atoms with Gasteiger partial charge in [-0.25, -0.2) is 0 Å². The number of hydrogen-bond acceptors (Lipinski definition) is 4. The smallest absolute Gasteiger partial charge is 0.0576 e. The molecule has 2 atom stereocenters. The van der Waals surface area contributed by atoms with Gasteiger partial charge in [0.05, 0.1) is 6.10 Å². The van der Waals surface area contributed by atoms with Crippen molar-refractivity contribution in [3.63, 3.8) is 0 Å². The van der Waals surface area contributed by atoms with Crippen molar-refractivity contribution in [1.29, 1.82) is 0 Å². The number of nitrogens with two attached hydrogens (primary N) is 1. The third kappa shape index (κ3) is 4.07. The predicted octanol–water partition coefficient (Wildman–Crippen LogP) is 1.42. The van der Waals surface area contributed by atoms with Crippen molar-refractivity contribution >= 4 is 0 Å². The normalized spacial score (nSPS) is 21.6. The topological polar surface area (TPSA) is 60.2 Å². The maximum Gasteiger partial charge on any atom is 0.0576 e. The van der Waals surface area contributed by atoms with Crippen molar-refractivity contribution in [2.24, 2.45) is 5.84 Å². The summed E-state index contributed by atoms with van der Waals surface area (Å²) < 4.78 is 5.62. The average Bonchev–Trinajstić information content (AvgIpc) is 2.89. The first kappa shape index (κ1) is 12.5. The van der Waals surface area contributed by atoms with E-state index in [4.69, 9.17) is 10.6 Å². The molecule has 2 unspecified atom stereocenters. The lowest BCUT2D eigenvalue weighted by atomic mass is 10.0. The molecule has 0 saturated carbocycles. The second kappa shape index (κ2) is 6.69. The second-order valence-corrected chi connectivity index (χ2v) is 4.64. The minimum absolute atomic E-state index is 0.321. The molecule has 0 aliphatic carbocycles. The van der Waals surface area contributed by atoms with Crippen LogP contribution >= 0.6 is 0 Å². The zero-order valence-electron chi connectivity index (χ0n) is 10.1. The summed E-state index contributed by atoms with van der Waals surface area (Å²) in [4.78, 5) is 4.02. The van der Waals surface area contributed by atoms with E-state index in [0.29, 0.717) is 12.1 Å². The van der Waals surface area contributed by atoms with E-state index in [1.807, 2.05) is 24.5 Å². The number of pyridine rings is 1. The summed E-state index contributed by atoms with van der Waals surface area (Å²) in [6.45, 7) is 0.926. The minimum Gasteiger partial charge on any atom is -0.378 e. The summed E-state index contributed by atoms with van der Waals surface area (Å²) in [5, 5.41) is 0. The first-order chi connectivity index (χ1) is 8.38. The maximum absolute atomic E-state index is 5.62. The van der Waals surface area contributed by atoms with Crippen LogP contribution in [0.5, 0.6) is 0 Å². The van der Waals surface area contributed by atoms with Crippen molar-refractivity contribution in [1.82, 2.24) is 10.4 Å². The van der Waals surface area contributed by atoms with Gasteiger partial charge in [0.15, 0.2) is 0 Å². The maximum atomic E-state index is 5.62. The third-order valence-electron chi connectivity index (χ3n) is 3.33. The zero-order chi connectivity index (χ0) is 11.9. The number of aromatic nitrogens is 1. The van der Waals surface area contributed by atoms with Crippen LogP contribution in [-0.2, 0) is 11.2 Å². The molecular weight excluding hydrogens is 214 g/mol. The first-order valence-electron chi connectivity index (χ1n) is 6.35. The van der Waals surface area contributed by atoms with E-state index < -0.39 is 0 Å². The summed E-state index contributed by atoms with van der Waals surface area (Å²) in [5.41, 5.74) is 4.17. The van der Waals surface area contributed by atoms with Crippen LogP contribution in [0.15, 0.2) is 24.5 Å². The van der Waals surface area contributed by atoms with Crippen LogP contribution < -0.4 is 11.3 Å². The summed E-state index contributed by atoms with van der Waals surface area (Å²) in [5.74, 6) is 5.60. The highest BCUT2D eigenvalue weighted by Gasteiger charge is 2.17. The Labute approximate surface area is 103 Å². The molecule has 0 amide bonds. The summed E-state index contributed by atoms with van der Waals surface area (Å²) in [6, 6.07) is 4.40. The molecule has 1 aliphatic rings. The van der Waals surface area contributed by atoms with E-state index >= 15 is 0 Å². The second-order valence-electron chi connectivity index (χ2n) is 4.64. The largest absolute Gasteiger partial charge is 0.378 e. The van der Waals surface area contributed by atoms with Gasteiger partial charge in [-0.3, -0.25) is 16.3 Å². The van der Waals surface area contributed by atoms with Gasteiger partial charge in [0.1, 0.15) is 0 Å². The summed E-state index contributed by atoms with van der Waals surface area (Å²) in [7, 11) is 0. The number of ether oxygens (including phenoxy) is 1. The van der Waals surface area contributed by atoms with Gasteiger partial charge in [-0.2, -0.15) is 0 Å². The van der Waals surface area contributed by atoms with Crippen molar-refractivity contribution in [3.8, 4) is 0 Å². The average molecular weight is 235 g/mol. The Balaban J connectivity index is 1.76. The van der Waals surface area contributed by atoms with E-state index in [9.17, 15) is 0 Å². The molecule has 0 radical (unpaired) electrons. The van der Waals surface area contributed by atoms with Crippen LogP contribution in [0.2, 0.25) is 0 Å².